The Hall–Kier alpha value is -1.22. The Morgan fingerprint density at radius 3 is 2.80 bits per heavy atom. The molecule has 0 heterocycles. The third-order valence-electron chi connectivity index (χ3n) is 2.60. The van der Waals surface area contributed by atoms with E-state index in [1.807, 2.05) is 25.1 Å². The molecule has 1 aromatic carbocycles. The highest BCUT2D eigenvalue weighted by molar-refractivity contribution is 5.63. The number of anilines is 2. The summed E-state index contributed by atoms with van der Waals surface area (Å²) in [6.07, 6.45) is 1.03. The van der Waals surface area contributed by atoms with E-state index in [2.05, 4.69) is 12.2 Å². The summed E-state index contributed by atoms with van der Waals surface area (Å²) in [7, 11) is 1.72. The van der Waals surface area contributed by atoms with Crippen molar-refractivity contribution in [2.24, 2.45) is 0 Å². The number of methoxy groups -OCH3 is 1. The van der Waals surface area contributed by atoms with Crippen molar-refractivity contribution in [2.75, 3.05) is 24.8 Å². The van der Waals surface area contributed by atoms with E-state index >= 15 is 0 Å². The van der Waals surface area contributed by atoms with Crippen LogP contribution in [0, 0.1) is 6.92 Å². The number of hydrogen-bond acceptors (Lipinski definition) is 3. The van der Waals surface area contributed by atoms with Crippen molar-refractivity contribution >= 4 is 11.4 Å². The standard InChI is InChI=1S/C12H20N2O/c1-4-10(8-15-3)14-12-7-5-6-11(13)9(12)2/h5-7,10,14H,4,8,13H2,1-3H3. The van der Waals surface area contributed by atoms with E-state index in [1.54, 1.807) is 7.11 Å². The second-order valence-electron chi connectivity index (χ2n) is 3.72. The number of hydrogen-bond donors (Lipinski definition) is 2. The Balaban J connectivity index is 2.74. The number of ether oxygens (including phenoxy) is 1. The number of benzene rings is 1. The van der Waals surface area contributed by atoms with E-state index in [4.69, 9.17) is 10.5 Å². The molecule has 0 radical (unpaired) electrons. The summed E-state index contributed by atoms with van der Waals surface area (Å²) < 4.78 is 5.14. The van der Waals surface area contributed by atoms with Gasteiger partial charge in [-0.15, -0.1) is 0 Å². The monoisotopic (exact) mass is 208 g/mol. The largest absolute Gasteiger partial charge is 0.398 e. The number of rotatable bonds is 5. The van der Waals surface area contributed by atoms with E-state index in [-0.39, 0.29) is 0 Å². The summed E-state index contributed by atoms with van der Waals surface area (Å²) in [5.41, 5.74) is 8.87. The lowest BCUT2D eigenvalue weighted by Gasteiger charge is -2.19. The molecule has 0 aliphatic heterocycles. The van der Waals surface area contributed by atoms with Gasteiger partial charge in [-0.3, -0.25) is 0 Å². The maximum absolute atomic E-state index is 5.84. The second kappa shape index (κ2) is 5.61. The minimum atomic E-state index is 0.343. The van der Waals surface area contributed by atoms with Gasteiger partial charge in [-0.2, -0.15) is 0 Å². The highest BCUT2D eigenvalue weighted by atomic mass is 16.5. The molecule has 1 unspecified atom stereocenters. The predicted molar refractivity (Wildman–Crippen MR) is 65.2 cm³/mol. The summed E-state index contributed by atoms with van der Waals surface area (Å²) in [6.45, 7) is 4.88. The van der Waals surface area contributed by atoms with Crippen LogP contribution in [0.2, 0.25) is 0 Å². The fourth-order valence-electron chi connectivity index (χ4n) is 1.49. The SMILES string of the molecule is CCC(COC)Nc1cccc(N)c1C. The van der Waals surface area contributed by atoms with Gasteiger partial charge >= 0.3 is 0 Å². The third-order valence-corrected chi connectivity index (χ3v) is 2.60. The van der Waals surface area contributed by atoms with Crippen molar-refractivity contribution in [2.45, 2.75) is 26.3 Å². The molecule has 0 spiro atoms. The normalized spacial score (nSPS) is 12.5. The molecule has 15 heavy (non-hydrogen) atoms. The lowest BCUT2D eigenvalue weighted by molar-refractivity contribution is 0.184. The lowest BCUT2D eigenvalue weighted by Crippen LogP contribution is -2.24. The fraction of sp³-hybridized carbons (Fsp3) is 0.500. The summed E-state index contributed by atoms with van der Waals surface area (Å²) in [5.74, 6) is 0. The van der Waals surface area contributed by atoms with E-state index in [0.29, 0.717) is 12.6 Å². The van der Waals surface area contributed by atoms with Crippen molar-refractivity contribution in [1.82, 2.24) is 0 Å². The highest BCUT2D eigenvalue weighted by Crippen LogP contribution is 2.21. The molecule has 3 heteroatoms. The van der Waals surface area contributed by atoms with Crippen LogP contribution in [0.4, 0.5) is 11.4 Å². The molecule has 1 aromatic rings. The lowest BCUT2D eigenvalue weighted by atomic mass is 10.1. The first kappa shape index (κ1) is 11.9. The van der Waals surface area contributed by atoms with Crippen LogP contribution in [0.25, 0.3) is 0 Å². The first-order valence-corrected chi connectivity index (χ1v) is 5.29. The predicted octanol–water partition coefficient (Wildman–Crippen LogP) is 2.41. The van der Waals surface area contributed by atoms with Crippen LogP contribution in [0.15, 0.2) is 18.2 Å². The molecule has 3 nitrogen and oxygen atoms in total. The molecule has 84 valence electrons. The average Bonchev–Trinajstić information content (AvgIpc) is 2.24. The molecule has 0 fully saturated rings. The van der Waals surface area contributed by atoms with Gasteiger partial charge in [0, 0.05) is 24.5 Å². The van der Waals surface area contributed by atoms with Crippen LogP contribution >= 0.6 is 0 Å². The van der Waals surface area contributed by atoms with Gasteiger partial charge in [0.05, 0.1) is 6.61 Å². The van der Waals surface area contributed by atoms with Crippen molar-refractivity contribution in [3.63, 3.8) is 0 Å². The van der Waals surface area contributed by atoms with Gasteiger partial charge in [0.1, 0.15) is 0 Å². The zero-order valence-electron chi connectivity index (χ0n) is 9.71. The number of nitrogen functional groups attached to an aromatic ring is 1. The Morgan fingerprint density at radius 2 is 2.20 bits per heavy atom. The van der Waals surface area contributed by atoms with E-state index in [9.17, 15) is 0 Å². The van der Waals surface area contributed by atoms with Crippen LogP contribution in [-0.2, 0) is 4.74 Å². The zero-order valence-corrected chi connectivity index (χ0v) is 9.71. The van der Waals surface area contributed by atoms with Gasteiger partial charge in [0.25, 0.3) is 0 Å². The number of nitrogens with one attached hydrogen (secondary N) is 1. The van der Waals surface area contributed by atoms with Gasteiger partial charge in [0.2, 0.25) is 0 Å². The van der Waals surface area contributed by atoms with Crippen LogP contribution in [-0.4, -0.2) is 19.8 Å². The van der Waals surface area contributed by atoms with Gasteiger partial charge in [-0.1, -0.05) is 13.0 Å². The summed E-state index contributed by atoms with van der Waals surface area (Å²) in [5, 5.41) is 3.43. The summed E-state index contributed by atoms with van der Waals surface area (Å²) >= 11 is 0. The minimum Gasteiger partial charge on any atom is -0.398 e. The molecule has 0 bridgehead atoms. The fourth-order valence-corrected chi connectivity index (χ4v) is 1.49. The molecule has 0 amide bonds. The van der Waals surface area contributed by atoms with Crippen molar-refractivity contribution in [3.8, 4) is 0 Å². The Morgan fingerprint density at radius 1 is 1.47 bits per heavy atom. The van der Waals surface area contributed by atoms with Gasteiger partial charge in [-0.25, -0.2) is 0 Å². The van der Waals surface area contributed by atoms with Crippen molar-refractivity contribution in [1.29, 1.82) is 0 Å². The maximum Gasteiger partial charge on any atom is 0.0663 e. The third kappa shape index (κ3) is 3.13. The molecule has 0 aromatic heterocycles. The first-order valence-electron chi connectivity index (χ1n) is 5.29. The highest BCUT2D eigenvalue weighted by Gasteiger charge is 2.07. The topological polar surface area (TPSA) is 47.3 Å². The molecule has 1 atom stereocenters. The molecule has 1 rings (SSSR count). The minimum absolute atomic E-state index is 0.343. The molecule has 0 saturated carbocycles. The molecule has 0 saturated heterocycles. The Bertz CT molecular complexity index is 312. The van der Waals surface area contributed by atoms with Gasteiger partial charge in [0.15, 0.2) is 0 Å². The average molecular weight is 208 g/mol. The van der Waals surface area contributed by atoms with Gasteiger partial charge in [-0.05, 0) is 31.0 Å². The van der Waals surface area contributed by atoms with Crippen LogP contribution in [0.1, 0.15) is 18.9 Å². The smallest absolute Gasteiger partial charge is 0.0663 e. The molecular formula is C12H20N2O. The summed E-state index contributed by atoms with van der Waals surface area (Å²) in [4.78, 5) is 0. The van der Waals surface area contributed by atoms with Crippen molar-refractivity contribution in [3.05, 3.63) is 23.8 Å². The van der Waals surface area contributed by atoms with Crippen molar-refractivity contribution < 1.29 is 4.74 Å². The van der Waals surface area contributed by atoms with E-state index in [1.165, 1.54) is 0 Å². The van der Waals surface area contributed by atoms with Crippen LogP contribution < -0.4 is 11.1 Å². The quantitative estimate of drug-likeness (QED) is 0.730. The second-order valence-corrected chi connectivity index (χ2v) is 3.72. The maximum atomic E-state index is 5.84. The summed E-state index contributed by atoms with van der Waals surface area (Å²) in [6, 6.07) is 6.27. The molecule has 0 aliphatic carbocycles. The van der Waals surface area contributed by atoms with E-state index < -0.39 is 0 Å². The molecular weight excluding hydrogens is 188 g/mol. The molecule has 3 N–H and O–H groups in total. The van der Waals surface area contributed by atoms with E-state index in [0.717, 1.165) is 23.4 Å². The first-order chi connectivity index (χ1) is 7.19. The van der Waals surface area contributed by atoms with Gasteiger partial charge < -0.3 is 15.8 Å². The Kier molecular flexibility index (Phi) is 4.43. The number of nitrogens with two attached hydrogens (primary N) is 1. The molecule has 0 aliphatic rings. The Labute approximate surface area is 91.6 Å². The van der Waals surface area contributed by atoms with Crippen LogP contribution in [0.3, 0.4) is 0 Å². The zero-order chi connectivity index (χ0) is 11.3. The van der Waals surface area contributed by atoms with Crippen LogP contribution in [0.5, 0.6) is 0 Å².